The molecule has 1 atom stereocenters. The van der Waals surface area contributed by atoms with E-state index < -0.39 is 6.10 Å². The Labute approximate surface area is 394 Å². The predicted molar refractivity (Wildman–Crippen MR) is 274 cm³/mol. The molecule has 64 heavy (non-hydrogen) atoms. The molecule has 6 heteroatoms. The molecule has 0 aliphatic rings. The van der Waals surface area contributed by atoms with Crippen LogP contribution in [0.5, 0.6) is 0 Å². The quantitative estimate of drug-likeness (QED) is 0.0199. The first-order valence-electron chi connectivity index (χ1n) is 26.3. The fourth-order valence-electron chi connectivity index (χ4n) is 6.94. The summed E-state index contributed by atoms with van der Waals surface area (Å²) in [6.07, 6.45) is 68.2. The molecular weight excluding hydrogens is 793 g/mol. The number of carbonyl (C=O) groups excluding carboxylic acids is 3. The fraction of sp³-hybridized carbons (Fsp3) is 0.672. The van der Waals surface area contributed by atoms with Crippen molar-refractivity contribution in [3.63, 3.8) is 0 Å². The van der Waals surface area contributed by atoms with Crippen molar-refractivity contribution < 1.29 is 28.6 Å². The molecule has 0 bridgehead atoms. The van der Waals surface area contributed by atoms with Gasteiger partial charge in [0.25, 0.3) is 0 Å². The third kappa shape index (κ3) is 49.3. The molecule has 0 aromatic carbocycles. The molecule has 0 aromatic heterocycles. The molecule has 0 saturated carbocycles. The zero-order chi connectivity index (χ0) is 46.5. The van der Waals surface area contributed by atoms with Crippen LogP contribution in [-0.4, -0.2) is 37.2 Å². The van der Waals surface area contributed by atoms with Gasteiger partial charge in [-0.3, -0.25) is 14.4 Å². The molecule has 0 aliphatic heterocycles. The highest BCUT2D eigenvalue weighted by atomic mass is 16.6. The summed E-state index contributed by atoms with van der Waals surface area (Å²) in [5, 5.41) is 0. The van der Waals surface area contributed by atoms with Crippen LogP contribution in [0.15, 0.2) is 97.2 Å². The molecular formula is C58H96O6. The second-order valence-corrected chi connectivity index (χ2v) is 17.1. The summed E-state index contributed by atoms with van der Waals surface area (Å²) in [7, 11) is 0. The van der Waals surface area contributed by atoms with E-state index in [0.29, 0.717) is 19.3 Å². The average molecular weight is 889 g/mol. The van der Waals surface area contributed by atoms with Crippen molar-refractivity contribution >= 4 is 17.9 Å². The first-order chi connectivity index (χ1) is 31.5. The van der Waals surface area contributed by atoms with Gasteiger partial charge in [-0.15, -0.1) is 0 Å². The monoisotopic (exact) mass is 889 g/mol. The lowest BCUT2D eigenvalue weighted by Gasteiger charge is -2.18. The molecule has 0 radical (unpaired) electrons. The van der Waals surface area contributed by atoms with Crippen LogP contribution in [0.1, 0.15) is 233 Å². The summed E-state index contributed by atoms with van der Waals surface area (Å²) >= 11 is 0. The maximum absolute atomic E-state index is 12.8. The lowest BCUT2D eigenvalue weighted by atomic mass is 10.1. The maximum atomic E-state index is 12.8. The van der Waals surface area contributed by atoms with Gasteiger partial charge in [0.15, 0.2) is 6.10 Å². The molecule has 0 spiro atoms. The van der Waals surface area contributed by atoms with Gasteiger partial charge in [-0.1, -0.05) is 214 Å². The van der Waals surface area contributed by atoms with Crippen molar-refractivity contribution in [3.05, 3.63) is 97.2 Å². The number of ether oxygens (including phenoxy) is 3. The summed E-state index contributed by atoms with van der Waals surface area (Å²) in [4.78, 5) is 38.0. The number of esters is 3. The van der Waals surface area contributed by atoms with E-state index in [4.69, 9.17) is 14.2 Å². The van der Waals surface area contributed by atoms with Gasteiger partial charge in [0.2, 0.25) is 0 Å². The van der Waals surface area contributed by atoms with Crippen LogP contribution < -0.4 is 0 Å². The molecule has 0 saturated heterocycles. The predicted octanol–water partition coefficient (Wildman–Crippen LogP) is 17.4. The average Bonchev–Trinajstić information content (AvgIpc) is 3.29. The summed E-state index contributed by atoms with van der Waals surface area (Å²) < 4.78 is 16.7. The summed E-state index contributed by atoms with van der Waals surface area (Å²) in [5.41, 5.74) is 0. The first-order valence-corrected chi connectivity index (χ1v) is 26.3. The Morgan fingerprint density at radius 1 is 0.344 bits per heavy atom. The van der Waals surface area contributed by atoms with Gasteiger partial charge in [0.05, 0.1) is 0 Å². The Balaban J connectivity index is 4.47. The van der Waals surface area contributed by atoms with Gasteiger partial charge in [-0.2, -0.15) is 0 Å². The van der Waals surface area contributed by atoms with Gasteiger partial charge >= 0.3 is 17.9 Å². The second-order valence-electron chi connectivity index (χ2n) is 17.1. The third-order valence-electron chi connectivity index (χ3n) is 10.9. The fourth-order valence-corrected chi connectivity index (χ4v) is 6.94. The largest absolute Gasteiger partial charge is 0.462 e. The van der Waals surface area contributed by atoms with Crippen LogP contribution in [0.4, 0.5) is 0 Å². The maximum Gasteiger partial charge on any atom is 0.306 e. The molecule has 0 N–H and O–H groups in total. The van der Waals surface area contributed by atoms with E-state index in [1.807, 2.05) is 0 Å². The van der Waals surface area contributed by atoms with Crippen LogP contribution in [0.25, 0.3) is 0 Å². The minimum Gasteiger partial charge on any atom is -0.462 e. The lowest BCUT2D eigenvalue weighted by Crippen LogP contribution is -2.30. The number of rotatable bonds is 46. The van der Waals surface area contributed by atoms with Crippen molar-refractivity contribution in [1.29, 1.82) is 0 Å². The number of hydrogen-bond donors (Lipinski definition) is 0. The number of unbranched alkanes of at least 4 members (excludes halogenated alkanes) is 22. The molecule has 0 heterocycles. The van der Waals surface area contributed by atoms with E-state index in [-0.39, 0.29) is 37.5 Å². The Kier molecular flexibility index (Phi) is 49.0. The molecule has 0 aromatic rings. The van der Waals surface area contributed by atoms with E-state index in [0.717, 1.165) is 89.9 Å². The van der Waals surface area contributed by atoms with Crippen LogP contribution in [-0.2, 0) is 28.6 Å². The minimum absolute atomic E-state index is 0.108. The van der Waals surface area contributed by atoms with Crippen molar-refractivity contribution in [1.82, 2.24) is 0 Å². The Morgan fingerprint density at radius 3 is 1.20 bits per heavy atom. The SMILES string of the molecule is CC/C=C\C/C=C\C/C=C\CCCC(=O)OCC(COC(=O)CCCCCCC\C=C/C=C\C=C/C=C\CCCCC)OC(=O)CCCCCCCCC/C=C\CCCCCCCC. The van der Waals surface area contributed by atoms with E-state index in [1.54, 1.807) is 0 Å². The minimum atomic E-state index is -0.810. The number of carbonyl (C=O) groups is 3. The van der Waals surface area contributed by atoms with E-state index >= 15 is 0 Å². The highest BCUT2D eigenvalue weighted by Gasteiger charge is 2.19. The molecule has 364 valence electrons. The van der Waals surface area contributed by atoms with E-state index in [9.17, 15) is 14.4 Å². The van der Waals surface area contributed by atoms with Gasteiger partial charge < -0.3 is 14.2 Å². The van der Waals surface area contributed by atoms with Gasteiger partial charge in [0, 0.05) is 19.3 Å². The topological polar surface area (TPSA) is 78.9 Å². The molecule has 6 nitrogen and oxygen atoms in total. The van der Waals surface area contributed by atoms with Gasteiger partial charge in [0.1, 0.15) is 13.2 Å². The summed E-state index contributed by atoms with van der Waals surface area (Å²) in [6.45, 7) is 6.40. The number of hydrogen-bond acceptors (Lipinski definition) is 6. The molecule has 0 aliphatic carbocycles. The van der Waals surface area contributed by atoms with Crippen molar-refractivity contribution in [3.8, 4) is 0 Å². The summed E-state index contributed by atoms with van der Waals surface area (Å²) in [6, 6.07) is 0. The number of allylic oxidation sites excluding steroid dienone is 16. The Morgan fingerprint density at radius 2 is 0.688 bits per heavy atom. The first kappa shape index (κ1) is 60.3. The molecule has 0 rings (SSSR count). The Bertz CT molecular complexity index is 1300. The van der Waals surface area contributed by atoms with Gasteiger partial charge in [-0.05, 0) is 96.3 Å². The zero-order valence-electron chi connectivity index (χ0n) is 41.5. The Hall–Kier alpha value is -3.67. The van der Waals surface area contributed by atoms with E-state index in [2.05, 4.69) is 118 Å². The van der Waals surface area contributed by atoms with Crippen LogP contribution in [0.2, 0.25) is 0 Å². The standard InChI is InChI=1S/C58H96O6/c1-4-7-10-13-16-19-22-24-26-28-30-31-33-36-39-42-45-48-51-57(60)63-54-55(53-62-56(59)50-47-44-41-38-35-21-18-15-12-9-6-3)64-58(61)52-49-46-43-40-37-34-32-29-27-25-23-20-17-14-11-8-5-2/h9,12,16,18-19,21-22,24-28,30-31,38,41,55H,4-8,10-11,13-15,17,20,23,29,32-37,39-40,42-54H2,1-3H3/b12-9-,19-16-,21-18-,24-22-,27-25-,28-26-,31-30-,41-38-. The lowest BCUT2D eigenvalue weighted by molar-refractivity contribution is -0.167. The van der Waals surface area contributed by atoms with Gasteiger partial charge in [-0.25, -0.2) is 0 Å². The van der Waals surface area contributed by atoms with Crippen LogP contribution in [0.3, 0.4) is 0 Å². The highest BCUT2D eigenvalue weighted by molar-refractivity contribution is 5.71. The van der Waals surface area contributed by atoms with Crippen LogP contribution >= 0.6 is 0 Å². The molecule has 0 amide bonds. The summed E-state index contributed by atoms with van der Waals surface area (Å²) in [5.74, 6) is -0.992. The van der Waals surface area contributed by atoms with E-state index in [1.165, 1.54) is 96.3 Å². The molecule has 1 unspecified atom stereocenters. The smallest absolute Gasteiger partial charge is 0.306 e. The van der Waals surface area contributed by atoms with Crippen LogP contribution in [0, 0.1) is 0 Å². The zero-order valence-corrected chi connectivity index (χ0v) is 41.5. The van der Waals surface area contributed by atoms with Crippen molar-refractivity contribution in [2.24, 2.45) is 0 Å². The second kappa shape index (κ2) is 52.0. The highest BCUT2D eigenvalue weighted by Crippen LogP contribution is 2.14. The van der Waals surface area contributed by atoms with Crippen molar-refractivity contribution in [2.45, 2.75) is 239 Å². The third-order valence-corrected chi connectivity index (χ3v) is 10.9. The van der Waals surface area contributed by atoms with Crippen molar-refractivity contribution in [2.75, 3.05) is 13.2 Å². The molecule has 0 fully saturated rings. The normalized spacial score (nSPS) is 12.9.